The van der Waals surface area contributed by atoms with E-state index in [0.717, 1.165) is 4.31 Å². The highest BCUT2D eigenvalue weighted by molar-refractivity contribution is 7.92. The summed E-state index contributed by atoms with van der Waals surface area (Å²) in [6, 6.07) is 17.9. The number of carbonyl (C=O) groups excluding carboxylic acids is 2. The molecular weight excluding hydrogens is 581 g/mol. The average molecular weight is 611 g/mol. The van der Waals surface area contributed by atoms with Gasteiger partial charge < -0.3 is 10.2 Å². The quantitative estimate of drug-likeness (QED) is 0.281. The van der Waals surface area contributed by atoms with Crippen molar-refractivity contribution in [2.24, 2.45) is 0 Å². The number of amides is 2. The fourth-order valence-electron chi connectivity index (χ4n) is 3.81. The lowest BCUT2D eigenvalue weighted by atomic mass is 10.1. The van der Waals surface area contributed by atoms with Crippen LogP contribution < -0.4 is 9.62 Å². The van der Waals surface area contributed by atoms with Gasteiger partial charge in [0.15, 0.2) is 0 Å². The third-order valence-electron chi connectivity index (χ3n) is 6.16. The molecule has 3 rings (SSSR count). The van der Waals surface area contributed by atoms with Crippen molar-refractivity contribution in [3.05, 3.63) is 93.4 Å². The van der Waals surface area contributed by atoms with Gasteiger partial charge in [0.25, 0.3) is 10.0 Å². The van der Waals surface area contributed by atoms with Crippen LogP contribution in [0.4, 0.5) is 5.69 Å². The van der Waals surface area contributed by atoms with Gasteiger partial charge in [-0.3, -0.25) is 13.9 Å². The van der Waals surface area contributed by atoms with Crippen LogP contribution in [0.2, 0.25) is 15.1 Å². The summed E-state index contributed by atoms with van der Waals surface area (Å²) in [5.74, 6) is -0.958. The van der Waals surface area contributed by atoms with Crippen LogP contribution in [0.25, 0.3) is 0 Å². The molecule has 0 saturated heterocycles. The van der Waals surface area contributed by atoms with Crippen molar-refractivity contribution in [3.8, 4) is 0 Å². The number of carbonyl (C=O) groups is 2. The maximum absolute atomic E-state index is 13.9. The first kappa shape index (κ1) is 30.8. The SMILES string of the molecule is CCC(C)NC(=O)C(C)N(Cc1cccc(Cl)c1)C(=O)CN(c1cc(Cl)cc(Cl)c1)S(=O)(=O)c1ccccc1. The standard InChI is InChI=1S/C28H30Cl3N3O4S/c1-4-19(2)32-28(36)20(3)33(17-21-9-8-10-22(29)13-21)27(35)18-34(25-15-23(30)14-24(31)16-25)39(37,38)26-11-6-5-7-12-26/h5-16,19-20H,4,17-18H2,1-3H3,(H,32,36). The van der Waals surface area contributed by atoms with E-state index < -0.39 is 28.5 Å². The predicted molar refractivity (Wildman–Crippen MR) is 157 cm³/mol. The summed E-state index contributed by atoms with van der Waals surface area (Å²) in [5.41, 5.74) is 0.798. The number of rotatable bonds is 11. The number of anilines is 1. The van der Waals surface area contributed by atoms with Crippen LogP contribution in [0.5, 0.6) is 0 Å². The topological polar surface area (TPSA) is 86.8 Å². The summed E-state index contributed by atoms with van der Waals surface area (Å²) in [5, 5.41) is 3.77. The number of hydrogen-bond acceptors (Lipinski definition) is 4. The normalized spacial score (nSPS) is 12.9. The zero-order chi connectivity index (χ0) is 28.7. The highest BCUT2D eigenvalue weighted by atomic mass is 35.5. The highest BCUT2D eigenvalue weighted by Crippen LogP contribution is 2.30. The van der Waals surface area contributed by atoms with Crippen LogP contribution in [-0.4, -0.2) is 43.8 Å². The Morgan fingerprint density at radius 1 is 0.872 bits per heavy atom. The summed E-state index contributed by atoms with van der Waals surface area (Å²) in [4.78, 5) is 28.3. The van der Waals surface area contributed by atoms with Crippen LogP contribution in [-0.2, 0) is 26.2 Å². The maximum atomic E-state index is 13.9. The molecule has 0 aliphatic rings. The lowest BCUT2D eigenvalue weighted by Crippen LogP contribution is -2.52. The first-order valence-corrected chi connectivity index (χ1v) is 14.9. The molecule has 0 aliphatic carbocycles. The first-order chi connectivity index (χ1) is 18.4. The van der Waals surface area contributed by atoms with Crippen LogP contribution in [0.15, 0.2) is 77.7 Å². The van der Waals surface area contributed by atoms with Crippen molar-refractivity contribution in [1.29, 1.82) is 0 Å². The number of sulfonamides is 1. The molecule has 0 heterocycles. The smallest absolute Gasteiger partial charge is 0.264 e. The molecule has 3 aromatic carbocycles. The second kappa shape index (κ2) is 13.5. The molecule has 7 nitrogen and oxygen atoms in total. The zero-order valence-electron chi connectivity index (χ0n) is 21.8. The molecule has 2 amide bonds. The first-order valence-electron chi connectivity index (χ1n) is 12.3. The molecule has 11 heteroatoms. The summed E-state index contributed by atoms with van der Waals surface area (Å²) < 4.78 is 28.5. The van der Waals surface area contributed by atoms with Crippen LogP contribution >= 0.6 is 34.8 Å². The van der Waals surface area contributed by atoms with Crippen molar-refractivity contribution in [1.82, 2.24) is 10.2 Å². The number of benzene rings is 3. The largest absolute Gasteiger partial charge is 0.352 e. The van der Waals surface area contributed by atoms with E-state index in [9.17, 15) is 18.0 Å². The molecule has 39 heavy (non-hydrogen) atoms. The van der Waals surface area contributed by atoms with Gasteiger partial charge in [0, 0.05) is 27.7 Å². The minimum atomic E-state index is -4.22. The average Bonchev–Trinajstić information content (AvgIpc) is 2.89. The van der Waals surface area contributed by atoms with E-state index in [1.807, 2.05) is 13.8 Å². The van der Waals surface area contributed by atoms with Crippen molar-refractivity contribution < 1.29 is 18.0 Å². The van der Waals surface area contributed by atoms with Crippen LogP contribution in [0.3, 0.4) is 0 Å². The molecule has 1 N–H and O–H groups in total. The van der Waals surface area contributed by atoms with Gasteiger partial charge in [-0.1, -0.05) is 72.1 Å². The number of nitrogens with zero attached hydrogens (tertiary/aromatic N) is 2. The molecule has 2 unspecified atom stereocenters. The van der Waals surface area contributed by atoms with Crippen molar-refractivity contribution in [2.75, 3.05) is 10.8 Å². The third-order valence-corrected chi connectivity index (χ3v) is 8.62. The summed E-state index contributed by atoms with van der Waals surface area (Å²) in [6.07, 6.45) is 0.708. The Morgan fingerprint density at radius 3 is 2.10 bits per heavy atom. The van der Waals surface area contributed by atoms with Gasteiger partial charge in [-0.25, -0.2) is 8.42 Å². The van der Waals surface area contributed by atoms with E-state index in [2.05, 4.69) is 5.32 Å². The summed E-state index contributed by atoms with van der Waals surface area (Å²) in [7, 11) is -4.22. The Balaban J connectivity index is 2.05. The van der Waals surface area contributed by atoms with Gasteiger partial charge in [-0.15, -0.1) is 0 Å². The fraction of sp³-hybridized carbons (Fsp3) is 0.286. The Morgan fingerprint density at radius 2 is 1.51 bits per heavy atom. The van der Waals surface area contributed by atoms with E-state index in [1.54, 1.807) is 49.4 Å². The summed E-state index contributed by atoms with van der Waals surface area (Å²) >= 11 is 18.6. The Kier molecular flexibility index (Phi) is 10.7. The van der Waals surface area contributed by atoms with E-state index >= 15 is 0 Å². The lowest BCUT2D eigenvalue weighted by molar-refractivity contribution is -0.139. The molecule has 0 saturated carbocycles. The van der Waals surface area contributed by atoms with Crippen molar-refractivity contribution >= 4 is 62.3 Å². The van der Waals surface area contributed by atoms with Gasteiger partial charge in [0.1, 0.15) is 12.6 Å². The Hall–Kier alpha value is -2.78. The molecule has 0 fully saturated rings. The summed E-state index contributed by atoms with van der Waals surface area (Å²) in [6.45, 7) is 4.84. The highest BCUT2D eigenvalue weighted by Gasteiger charge is 2.33. The van der Waals surface area contributed by atoms with Gasteiger partial charge in [0.05, 0.1) is 10.6 Å². The van der Waals surface area contributed by atoms with Crippen molar-refractivity contribution in [3.63, 3.8) is 0 Å². The van der Waals surface area contributed by atoms with E-state index in [1.165, 1.54) is 35.2 Å². The predicted octanol–water partition coefficient (Wildman–Crippen LogP) is 6.17. The van der Waals surface area contributed by atoms with Gasteiger partial charge >= 0.3 is 0 Å². The van der Waals surface area contributed by atoms with Gasteiger partial charge in [-0.05, 0) is 68.3 Å². The van der Waals surface area contributed by atoms with Crippen LogP contribution in [0.1, 0.15) is 32.8 Å². The molecule has 3 aromatic rings. The zero-order valence-corrected chi connectivity index (χ0v) is 24.9. The monoisotopic (exact) mass is 609 g/mol. The Bertz CT molecular complexity index is 1400. The molecular formula is C28H30Cl3N3O4S. The maximum Gasteiger partial charge on any atom is 0.264 e. The molecule has 0 aliphatic heterocycles. The Labute approximate surface area is 244 Å². The molecule has 0 aromatic heterocycles. The fourth-order valence-corrected chi connectivity index (χ4v) is 5.96. The minimum Gasteiger partial charge on any atom is -0.352 e. The van der Waals surface area contributed by atoms with E-state index in [4.69, 9.17) is 34.8 Å². The van der Waals surface area contributed by atoms with E-state index in [0.29, 0.717) is 17.0 Å². The van der Waals surface area contributed by atoms with Gasteiger partial charge in [0.2, 0.25) is 11.8 Å². The molecule has 0 radical (unpaired) electrons. The molecule has 0 spiro atoms. The molecule has 208 valence electrons. The minimum absolute atomic E-state index is 0.0159. The number of nitrogens with one attached hydrogen (secondary N) is 1. The third kappa shape index (κ3) is 8.11. The van der Waals surface area contributed by atoms with E-state index in [-0.39, 0.29) is 39.1 Å². The second-order valence-corrected chi connectivity index (χ2v) is 12.3. The van der Waals surface area contributed by atoms with Crippen LogP contribution in [0, 0.1) is 0 Å². The second-order valence-electron chi connectivity index (χ2n) is 9.10. The van der Waals surface area contributed by atoms with Crippen molar-refractivity contribution in [2.45, 2.75) is 50.7 Å². The van der Waals surface area contributed by atoms with Gasteiger partial charge in [-0.2, -0.15) is 0 Å². The number of halogens is 3. The lowest BCUT2D eigenvalue weighted by Gasteiger charge is -2.32. The number of hydrogen-bond donors (Lipinski definition) is 1. The molecule has 0 bridgehead atoms. The molecule has 2 atom stereocenters.